The van der Waals surface area contributed by atoms with Gasteiger partial charge in [0.25, 0.3) is 0 Å². The van der Waals surface area contributed by atoms with Gasteiger partial charge >= 0.3 is 0 Å². The van der Waals surface area contributed by atoms with Gasteiger partial charge < -0.3 is 39.6 Å². The summed E-state index contributed by atoms with van der Waals surface area (Å²) in [5.41, 5.74) is 54.3. The maximum Gasteiger partial charge on any atom is 0.126 e. The number of aromatic hydroxyl groups is 2. The molecule has 1 aliphatic carbocycles. The summed E-state index contributed by atoms with van der Waals surface area (Å²) < 4.78 is 14.5. The molecular formula is C126H148N8O4. The average molecular weight is 1840 g/mol. The van der Waals surface area contributed by atoms with Gasteiger partial charge in [0.05, 0.1) is 80.8 Å². The molecule has 0 atom stereocenters. The second-order valence-corrected chi connectivity index (χ2v) is 43.9. The van der Waals surface area contributed by atoms with Crippen molar-refractivity contribution >= 4 is 88.7 Å². The molecule has 24 bridgehead atoms. The number of allylic oxidation sites excluding steroid dienone is 8. The van der Waals surface area contributed by atoms with Gasteiger partial charge in [0.2, 0.25) is 0 Å². The molecule has 0 saturated carbocycles. The number of fused-ring (bicyclic) bond motifs is 24. The second-order valence-electron chi connectivity index (χ2n) is 43.9. The van der Waals surface area contributed by atoms with Gasteiger partial charge in [-0.05, 0) is 368 Å². The van der Waals surface area contributed by atoms with Crippen LogP contribution < -0.4 is 9.47 Å². The molecule has 0 amide bonds. The van der Waals surface area contributed by atoms with E-state index < -0.39 is 0 Å². The van der Waals surface area contributed by atoms with Gasteiger partial charge in [-0.1, -0.05) is 225 Å². The van der Waals surface area contributed by atoms with Crippen molar-refractivity contribution in [1.82, 2.24) is 39.9 Å². The lowest BCUT2D eigenvalue weighted by Gasteiger charge is -2.26. The summed E-state index contributed by atoms with van der Waals surface area (Å²) in [6, 6.07) is 45.8. The number of phenolic OH excluding ortho intramolecular Hbond substituents is 2. The van der Waals surface area contributed by atoms with Crippen molar-refractivity contribution in [2.45, 2.75) is 319 Å². The first-order valence-corrected chi connectivity index (χ1v) is 51.5. The monoisotopic (exact) mass is 1840 g/mol. The molecule has 12 aromatic rings. The maximum atomic E-state index is 13.8. The van der Waals surface area contributed by atoms with E-state index in [4.69, 9.17) is 29.4 Å². The minimum absolute atomic E-state index is 0.122. The Labute approximate surface area is 821 Å². The fourth-order valence-electron chi connectivity index (χ4n) is 22.8. The van der Waals surface area contributed by atoms with E-state index in [0.29, 0.717) is 38.9 Å². The topological polar surface area (TPSA) is 174 Å². The molecule has 0 spiro atoms. The number of aromatic amines is 4. The first-order chi connectivity index (χ1) is 65.6. The molecule has 10 heterocycles. The molecule has 6 N–H and O–H groups in total. The van der Waals surface area contributed by atoms with Crippen molar-refractivity contribution in [1.29, 1.82) is 0 Å². The predicted octanol–water partition coefficient (Wildman–Crippen LogP) is 33.3. The van der Waals surface area contributed by atoms with Crippen LogP contribution >= 0.6 is 0 Å². The maximum absolute atomic E-state index is 13.8. The van der Waals surface area contributed by atoms with Crippen molar-refractivity contribution < 1.29 is 19.7 Å². The van der Waals surface area contributed by atoms with Gasteiger partial charge in [0.1, 0.15) is 23.0 Å². The predicted molar refractivity (Wildman–Crippen MR) is 585 cm³/mol. The van der Waals surface area contributed by atoms with Crippen LogP contribution in [0.4, 0.5) is 0 Å². The normalized spacial score (nSPS) is 13.9. The highest BCUT2D eigenvalue weighted by Gasteiger charge is 2.35. The fraction of sp³-hybridized carbons (Fsp3) is 0.397. The number of phenols is 2. The molecule has 0 radical (unpaired) electrons. The molecule has 5 aliphatic rings. The van der Waals surface area contributed by atoms with Gasteiger partial charge in [-0.15, -0.1) is 0 Å². The van der Waals surface area contributed by atoms with Gasteiger partial charge in [0.15, 0.2) is 0 Å². The Balaban J connectivity index is 0.920. The molecule has 4 aliphatic heterocycles. The Bertz CT molecular complexity index is 6920. The zero-order valence-corrected chi connectivity index (χ0v) is 88.4. The molecule has 17 rings (SSSR count). The Hall–Kier alpha value is -12.3. The number of nitrogens with one attached hydrogen (secondary N) is 4. The molecule has 138 heavy (non-hydrogen) atoms. The lowest BCUT2D eigenvalue weighted by molar-refractivity contribution is 0.311. The number of para-hydroxylation sites is 2. The summed E-state index contributed by atoms with van der Waals surface area (Å²) in [5, 5.41) is 27.6. The van der Waals surface area contributed by atoms with E-state index in [9.17, 15) is 10.2 Å². The number of benzene rings is 6. The highest BCUT2D eigenvalue weighted by atomic mass is 16.5. The van der Waals surface area contributed by atoms with Gasteiger partial charge in [-0.2, -0.15) is 0 Å². The van der Waals surface area contributed by atoms with Crippen LogP contribution in [0.2, 0.25) is 0 Å². The fourth-order valence-corrected chi connectivity index (χ4v) is 22.8. The molecular weight excluding hydrogens is 1690 g/mol. The van der Waals surface area contributed by atoms with E-state index in [-0.39, 0.29) is 33.2 Å². The number of hydrogen-bond acceptors (Lipinski definition) is 8. The Morgan fingerprint density at radius 3 is 0.696 bits per heavy atom. The number of hydrogen-bond donors (Lipinski definition) is 6. The minimum atomic E-state index is -0.122. The second kappa shape index (κ2) is 37.5. The van der Waals surface area contributed by atoms with Crippen molar-refractivity contribution in [2.75, 3.05) is 13.2 Å². The summed E-state index contributed by atoms with van der Waals surface area (Å²) >= 11 is 0. The summed E-state index contributed by atoms with van der Waals surface area (Å²) in [4.78, 5) is 40.7. The minimum Gasteiger partial charge on any atom is -0.507 e. The summed E-state index contributed by atoms with van der Waals surface area (Å²) in [7, 11) is 0. The van der Waals surface area contributed by atoms with Gasteiger partial charge in [0, 0.05) is 70.0 Å². The third-order valence-electron chi connectivity index (χ3n) is 30.7. The van der Waals surface area contributed by atoms with Crippen LogP contribution in [0.3, 0.4) is 0 Å². The molecule has 12 nitrogen and oxygen atoms in total. The lowest BCUT2D eigenvalue weighted by atomic mass is 9.78. The van der Waals surface area contributed by atoms with Crippen molar-refractivity contribution in [3.63, 3.8) is 0 Å². The molecule has 716 valence electrons. The molecule has 0 unspecified atom stereocenters. The highest BCUT2D eigenvalue weighted by molar-refractivity contribution is 6.07. The number of nitrogens with zero attached hydrogens (tertiary/aromatic N) is 4. The third kappa shape index (κ3) is 17.3. The van der Waals surface area contributed by atoms with Crippen LogP contribution in [0.1, 0.15) is 375 Å². The van der Waals surface area contributed by atoms with Gasteiger partial charge in [-0.25, -0.2) is 19.9 Å². The number of ether oxygens (including phenoxy) is 2. The molecule has 12 heteroatoms. The highest BCUT2D eigenvalue weighted by Crippen LogP contribution is 2.53. The summed E-state index contributed by atoms with van der Waals surface area (Å²) in [5.74, 6) is 1.90. The van der Waals surface area contributed by atoms with Crippen LogP contribution in [-0.4, -0.2) is 63.3 Å². The standard InChI is InChI=1S/C126H148N8O4/c1-31-47-137-121-75-43-41-44-76(121)50-84-54-80(108-113-69(13)93(35-5)101(129-113)65-105-97(39-9)73(17)117(133-105)110(82-59-89(125(25,26)27)62-90(60-82)126(28,29)30)118-74(18)98(40-10)106(134-118)66-102-94(36-6)70(14)114(108)130-102)56-86(120(84)136)52-78-46-42-45-77(122(78)138-48-32-2)51-85-55-79(53-83(49-75)119(85)135)107-111-67(11)91(33-3)99(127-111)63-103-95(37-7)71(15)115(131-103)109(81-57-87(123(19,20)21)61-88(58-81)124(22,23)24)116-72(16)96(38-8)104(132-116)64-100-92(34-4)68(12)112(107)128-100/h41-46,53-66,127,129,132,134-136H,31-40,47-52H2,1-30H3. The quantitative estimate of drug-likeness (QED) is 0.0492. The zero-order valence-electron chi connectivity index (χ0n) is 88.4. The lowest BCUT2D eigenvalue weighted by Crippen LogP contribution is -2.16. The Morgan fingerprint density at radius 1 is 0.283 bits per heavy atom. The largest absolute Gasteiger partial charge is 0.507 e. The number of H-pyrrole nitrogens is 4. The zero-order chi connectivity index (χ0) is 98.9. The number of rotatable bonds is 18. The molecule has 6 aromatic carbocycles. The molecule has 0 saturated heterocycles. The summed E-state index contributed by atoms with van der Waals surface area (Å²) in [6.45, 7) is 69.6. The van der Waals surface area contributed by atoms with Crippen molar-refractivity contribution in [3.05, 3.63) is 278 Å². The van der Waals surface area contributed by atoms with E-state index >= 15 is 0 Å². The van der Waals surface area contributed by atoms with Crippen molar-refractivity contribution in [3.8, 4) is 67.5 Å². The average Bonchev–Trinajstić information content (AvgIpc) is 1.58. The summed E-state index contributed by atoms with van der Waals surface area (Å²) in [6.07, 6.45) is 8.96. The number of aryl methyl sites for hydroxylation is 8. The van der Waals surface area contributed by atoms with Crippen LogP contribution in [0, 0.1) is 27.7 Å². The van der Waals surface area contributed by atoms with Gasteiger partial charge in [-0.3, -0.25) is 0 Å². The number of aromatic nitrogens is 8. The molecule has 6 aromatic heterocycles. The first kappa shape index (κ1) is 97.4. The van der Waals surface area contributed by atoms with E-state index in [1.807, 2.05) is 0 Å². The Morgan fingerprint density at radius 2 is 0.500 bits per heavy atom. The van der Waals surface area contributed by atoms with E-state index in [1.165, 1.54) is 89.1 Å². The Kier molecular flexibility index (Phi) is 26.4. The SMILES string of the molecule is CCCOc1c2cccc1Cc1cc(-c3c4nc(cc5[nH]c(c(C)c5CC)c(-c5cc(C(C)(C)C)cc(C(C)(C)C)c5)c5nc(cc6[nH]c3c(C)c6CC)C(CC)=C5C)C(CC)=C4C)cc(c1O)Cc1cccc(c1OCCC)Cc1cc(-c3c4nc(cc5[nH]c(c(C)c5CC)c(-c5cc(C(C)(C)C)cc(C(C)(C)C)c5)c5nc(cc6[nH]c3c(C)c6CC)C(CC)=C5C)C(CC)=C4C)cc(c1O)C2. The van der Waals surface area contributed by atoms with Crippen LogP contribution in [-0.2, 0) is 73.0 Å². The van der Waals surface area contributed by atoms with Crippen LogP contribution in [0.5, 0.6) is 23.0 Å². The molecule has 0 fully saturated rings. The van der Waals surface area contributed by atoms with E-state index in [0.717, 1.165) is 277 Å². The smallest absolute Gasteiger partial charge is 0.126 e. The van der Waals surface area contributed by atoms with Crippen LogP contribution in [0.25, 0.3) is 133 Å². The van der Waals surface area contributed by atoms with E-state index in [1.54, 1.807) is 0 Å². The van der Waals surface area contributed by atoms with Crippen molar-refractivity contribution in [2.24, 2.45) is 0 Å². The first-order valence-electron chi connectivity index (χ1n) is 51.5. The van der Waals surface area contributed by atoms with E-state index in [2.05, 4.69) is 349 Å². The third-order valence-corrected chi connectivity index (χ3v) is 30.7. The van der Waals surface area contributed by atoms with Crippen LogP contribution in [0.15, 0.2) is 121 Å².